The standard InChI is InChI=1S/C18H20N4O2/c1-12-5-4-6-16(13(12)2)21-18(24)15(9-19)17(23)8-7-14-10-20-22(3)11-14/h4-6,10-11,15H,7-8H2,1-3H3,(H,21,24)/t15-/m0/s1. The summed E-state index contributed by atoms with van der Waals surface area (Å²) in [5.74, 6) is -2.27. The van der Waals surface area contributed by atoms with Gasteiger partial charge in [-0.25, -0.2) is 0 Å². The van der Waals surface area contributed by atoms with Crippen molar-refractivity contribution in [3.8, 4) is 6.07 Å². The van der Waals surface area contributed by atoms with E-state index in [-0.39, 0.29) is 12.2 Å². The lowest BCUT2D eigenvalue weighted by Crippen LogP contribution is -2.29. The zero-order valence-corrected chi connectivity index (χ0v) is 14.0. The first-order chi connectivity index (χ1) is 11.4. The maximum absolute atomic E-state index is 12.3. The molecule has 6 heteroatoms. The quantitative estimate of drug-likeness (QED) is 0.826. The number of nitrogens with one attached hydrogen (secondary N) is 1. The Balaban J connectivity index is 2.01. The first-order valence-electron chi connectivity index (χ1n) is 7.69. The summed E-state index contributed by atoms with van der Waals surface area (Å²) in [5.41, 5.74) is 3.48. The summed E-state index contributed by atoms with van der Waals surface area (Å²) < 4.78 is 1.65. The number of anilines is 1. The van der Waals surface area contributed by atoms with Crippen molar-refractivity contribution in [1.82, 2.24) is 9.78 Å². The fourth-order valence-electron chi connectivity index (χ4n) is 2.38. The van der Waals surface area contributed by atoms with E-state index >= 15 is 0 Å². The third-order valence-electron chi connectivity index (χ3n) is 3.99. The number of carbonyl (C=O) groups excluding carboxylic acids is 2. The summed E-state index contributed by atoms with van der Waals surface area (Å²) in [4.78, 5) is 24.5. The highest BCUT2D eigenvalue weighted by Gasteiger charge is 2.26. The van der Waals surface area contributed by atoms with Crippen molar-refractivity contribution >= 4 is 17.4 Å². The lowest BCUT2D eigenvalue weighted by Gasteiger charge is -2.12. The third kappa shape index (κ3) is 4.07. The second kappa shape index (κ2) is 7.55. The van der Waals surface area contributed by atoms with Gasteiger partial charge in [-0.05, 0) is 43.0 Å². The van der Waals surface area contributed by atoms with Crippen LogP contribution in [0.3, 0.4) is 0 Å². The molecule has 2 rings (SSSR count). The normalized spacial score (nSPS) is 11.6. The Hall–Kier alpha value is -2.94. The van der Waals surface area contributed by atoms with Crippen LogP contribution in [-0.2, 0) is 23.1 Å². The van der Waals surface area contributed by atoms with Gasteiger partial charge < -0.3 is 5.32 Å². The Labute approximate surface area is 141 Å². The topological polar surface area (TPSA) is 87.8 Å². The molecular formula is C18H20N4O2. The van der Waals surface area contributed by atoms with Crippen molar-refractivity contribution in [3.63, 3.8) is 0 Å². The van der Waals surface area contributed by atoms with Gasteiger partial charge in [0.25, 0.3) is 0 Å². The summed E-state index contributed by atoms with van der Waals surface area (Å²) in [6.45, 7) is 3.82. The predicted octanol–water partition coefficient (Wildman–Crippen LogP) is 2.32. The van der Waals surface area contributed by atoms with Crippen LogP contribution in [0, 0.1) is 31.1 Å². The highest BCUT2D eigenvalue weighted by Crippen LogP contribution is 2.19. The van der Waals surface area contributed by atoms with Crippen molar-refractivity contribution in [2.45, 2.75) is 26.7 Å². The Morgan fingerprint density at radius 3 is 2.75 bits per heavy atom. The van der Waals surface area contributed by atoms with E-state index in [2.05, 4.69) is 10.4 Å². The lowest BCUT2D eigenvalue weighted by molar-refractivity contribution is -0.128. The Morgan fingerprint density at radius 1 is 1.38 bits per heavy atom. The molecule has 0 saturated carbocycles. The number of hydrogen-bond acceptors (Lipinski definition) is 4. The molecular weight excluding hydrogens is 304 g/mol. The molecule has 24 heavy (non-hydrogen) atoms. The van der Waals surface area contributed by atoms with Gasteiger partial charge in [0.15, 0.2) is 11.7 Å². The van der Waals surface area contributed by atoms with E-state index in [1.54, 1.807) is 24.0 Å². The molecule has 2 aromatic rings. The monoisotopic (exact) mass is 324 g/mol. The number of carbonyl (C=O) groups is 2. The summed E-state index contributed by atoms with van der Waals surface area (Å²) >= 11 is 0. The van der Waals surface area contributed by atoms with Crippen molar-refractivity contribution in [2.24, 2.45) is 13.0 Å². The number of ketones is 1. The van der Waals surface area contributed by atoms with E-state index in [0.29, 0.717) is 12.1 Å². The van der Waals surface area contributed by atoms with Crippen molar-refractivity contribution in [2.75, 3.05) is 5.32 Å². The number of aryl methyl sites for hydroxylation is 3. The minimum Gasteiger partial charge on any atom is -0.324 e. The third-order valence-corrected chi connectivity index (χ3v) is 3.99. The maximum atomic E-state index is 12.3. The van der Waals surface area contributed by atoms with Gasteiger partial charge >= 0.3 is 0 Å². The summed E-state index contributed by atoms with van der Waals surface area (Å²) in [6, 6.07) is 7.33. The fraction of sp³-hybridized carbons (Fsp3) is 0.333. The smallest absolute Gasteiger partial charge is 0.249 e. The number of benzene rings is 1. The number of nitrogens with zero attached hydrogens (tertiary/aromatic N) is 3. The second-order valence-electron chi connectivity index (χ2n) is 5.79. The Morgan fingerprint density at radius 2 is 2.12 bits per heavy atom. The highest BCUT2D eigenvalue weighted by molar-refractivity contribution is 6.09. The maximum Gasteiger partial charge on any atom is 0.249 e. The highest BCUT2D eigenvalue weighted by atomic mass is 16.2. The zero-order valence-electron chi connectivity index (χ0n) is 14.0. The number of amides is 1. The molecule has 0 aliphatic rings. The molecule has 0 radical (unpaired) electrons. The number of rotatable bonds is 6. The average molecular weight is 324 g/mol. The average Bonchev–Trinajstić information content (AvgIpc) is 2.96. The van der Waals surface area contributed by atoms with Crippen LogP contribution in [0.1, 0.15) is 23.1 Å². The molecule has 0 unspecified atom stereocenters. The van der Waals surface area contributed by atoms with Gasteiger partial charge in [0.1, 0.15) is 0 Å². The first kappa shape index (κ1) is 17.4. The Kier molecular flexibility index (Phi) is 5.48. The summed E-state index contributed by atoms with van der Waals surface area (Å²) in [6.07, 6.45) is 4.07. The van der Waals surface area contributed by atoms with E-state index < -0.39 is 11.8 Å². The van der Waals surface area contributed by atoms with Crippen LogP contribution in [-0.4, -0.2) is 21.5 Å². The molecule has 6 nitrogen and oxygen atoms in total. The van der Waals surface area contributed by atoms with Gasteiger partial charge in [0.2, 0.25) is 5.91 Å². The van der Waals surface area contributed by atoms with Gasteiger partial charge in [0.05, 0.1) is 12.3 Å². The SMILES string of the molecule is Cc1cccc(NC(=O)[C@@H](C#N)C(=O)CCc2cnn(C)c2)c1C. The van der Waals surface area contributed by atoms with Crippen molar-refractivity contribution in [1.29, 1.82) is 5.26 Å². The van der Waals surface area contributed by atoms with Crippen molar-refractivity contribution < 1.29 is 9.59 Å². The molecule has 0 fully saturated rings. The zero-order chi connectivity index (χ0) is 17.7. The Bertz CT molecular complexity index is 802. The molecule has 124 valence electrons. The van der Waals surface area contributed by atoms with Crippen LogP contribution in [0.15, 0.2) is 30.6 Å². The lowest BCUT2D eigenvalue weighted by atomic mass is 9.99. The van der Waals surface area contributed by atoms with Gasteiger partial charge in [-0.2, -0.15) is 10.4 Å². The van der Waals surface area contributed by atoms with Crippen LogP contribution in [0.4, 0.5) is 5.69 Å². The van der Waals surface area contributed by atoms with E-state index in [0.717, 1.165) is 16.7 Å². The molecule has 0 aliphatic heterocycles. The fourth-order valence-corrected chi connectivity index (χ4v) is 2.38. The second-order valence-corrected chi connectivity index (χ2v) is 5.79. The van der Waals surface area contributed by atoms with Crippen LogP contribution in [0.25, 0.3) is 0 Å². The van der Waals surface area contributed by atoms with E-state index in [1.165, 1.54) is 0 Å². The number of Topliss-reactive ketones (excluding diaryl/α,β-unsaturated/α-hetero) is 1. The van der Waals surface area contributed by atoms with Crippen molar-refractivity contribution in [3.05, 3.63) is 47.3 Å². The molecule has 1 aromatic carbocycles. The molecule has 1 heterocycles. The molecule has 0 saturated heterocycles. The number of hydrogen-bond donors (Lipinski definition) is 1. The van der Waals surface area contributed by atoms with Crippen LogP contribution in [0.2, 0.25) is 0 Å². The largest absolute Gasteiger partial charge is 0.324 e. The minimum atomic E-state index is -1.30. The molecule has 0 bridgehead atoms. The molecule has 0 spiro atoms. The molecule has 1 atom stereocenters. The van der Waals surface area contributed by atoms with E-state index in [9.17, 15) is 14.9 Å². The molecule has 1 aromatic heterocycles. The van der Waals surface area contributed by atoms with Crippen LogP contribution < -0.4 is 5.32 Å². The summed E-state index contributed by atoms with van der Waals surface area (Å²) in [5, 5.41) is 15.9. The van der Waals surface area contributed by atoms with Gasteiger partial charge in [-0.3, -0.25) is 14.3 Å². The summed E-state index contributed by atoms with van der Waals surface area (Å²) in [7, 11) is 1.79. The van der Waals surface area contributed by atoms with Crippen LogP contribution in [0.5, 0.6) is 0 Å². The van der Waals surface area contributed by atoms with E-state index in [1.807, 2.05) is 38.2 Å². The van der Waals surface area contributed by atoms with Crippen LogP contribution >= 0.6 is 0 Å². The predicted molar refractivity (Wildman–Crippen MR) is 90.2 cm³/mol. The molecule has 1 amide bonds. The van der Waals surface area contributed by atoms with Gasteiger partial charge in [0, 0.05) is 25.4 Å². The van der Waals surface area contributed by atoms with Gasteiger partial charge in [-0.15, -0.1) is 0 Å². The van der Waals surface area contributed by atoms with E-state index in [4.69, 9.17) is 0 Å². The van der Waals surface area contributed by atoms with Gasteiger partial charge in [-0.1, -0.05) is 12.1 Å². The minimum absolute atomic E-state index is 0.129. The first-order valence-corrected chi connectivity index (χ1v) is 7.69. The number of aromatic nitrogens is 2. The molecule has 0 aliphatic carbocycles. The number of nitriles is 1. The molecule has 1 N–H and O–H groups in total.